The Hall–Kier alpha value is -1.35. The molecule has 0 bridgehead atoms. The van der Waals surface area contributed by atoms with Gasteiger partial charge in [0, 0.05) is 19.5 Å². The van der Waals surface area contributed by atoms with Crippen LogP contribution < -0.4 is 0 Å². The van der Waals surface area contributed by atoms with Crippen molar-refractivity contribution in [3.05, 3.63) is 35.9 Å². The Bertz CT molecular complexity index is 519. The van der Waals surface area contributed by atoms with Crippen LogP contribution >= 0.6 is 0 Å². The maximum Gasteiger partial charge on any atom is 0.145 e. The molecule has 2 fully saturated rings. The van der Waals surface area contributed by atoms with Crippen molar-refractivity contribution in [1.29, 1.82) is 0 Å². The first kappa shape index (κ1) is 13.3. The topological polar surface area (TPSA) is 24.8 Å². The lowest BCUT2D eigenvalue weighted by Crippen LogP contribution is -2.32. The van der Waals surface area contributed by atoms with Gasteiger partial charge in [-0.15, -0.1) is 0 Å². The highest BCUT2D eigenvalue weighted by Gasteiger charge is 2.41. The molecule has 0 radical (unpaired) electrons. The Labute approximate surface area is 127 Å². The van der Waals surface area contributed by atoms with Crippen LogP contribution in [-0.4, -0.2) is 36.3 Å². The SMILES string of the molecule is c1ccc(C2=NO[C@H](CN3CCC4(CCCC4)C3)C2)cc1. The van der Waals surface area contributed by atoms with Crippen LogP contribution in [-0.2, 0) is 4.84 Å². The molecule has 1 atom stereocenters. The van der Waals surface area contributed by atoms with Crippen molar-refractivity contribution >= 4 is 5.71 Å². The molecule has 1 aliphatic carbocycles. The molecule has 0 unspecified atom stereocenters. The zero-order chi connectivity index (χ0) is 14.1. The Morgan fingerprint density at radius 3 is 2.76 bits per heavy atom. The van der Waals surface area contributed by atoms with Gasteiger partial charge in [-0.3, -0.25) is 4.90 Å². The molecule has 1 aromatic carbocycles. The molecule has 0 N–H and O–H groups in total. The van der Waals surface area contributed by atoms with E-state index in [2.05, 4.69) is 34.3 Å². The van der Waals surface area contributed by atoms with Gasteiger partial charge in [0.1, 0.15) is 6.10 Å². The Morgan fingerprint density at radius 2 is 1.95 bits per heavy atom. The van der Waals surface area contributed by atoms with Crippen LogP contribution in [0, 0.1) is 5.41 Å². The van der Waals surface area contributed by atoms with E-state index in [-0.39, 0.29) is 6.10 Å². The molecule has 1 spiro atoms. The summed E-state index contributed by atoms with van der Waals surface area (Å²) in [6, 6.07) is 10.4. The molecule has 2 aliphatic heterocycles. The summed E-state index contributed by atoms with van der Waals surface area (Å²) >= 11 is 0. The molecular weight excluding hydrogens is 260 g/mol. The molecule has 1 saturated carbocycles. The van der Waals surface area contributed by atoms with Crippen molar-refractivity contribution in [3.63, 3.8) is 0 Å². The first-order valence-corrected chi connectivity index (χ1v) is 8.34. The number of hydrogen-bond donors (Lipinski definition) is 0. The first-order valence-electron chi connectivity index (χ1n) is 8.34. The third kappa shape index (κ3) is 2.71. The van der Waals surface area contributed by atoms with E-state index in [1.165, 1.54) is 50.8 Å². The molecule has 3 nitrogen and oxygen atoms in total. The van der Waals surface area contributed by atoms with E-state index < -0.39 is 0 Å². The lowest BCUT2D eigenvalue weighted by atomic mass is 9.86. The Balaban J connectivity index is 1.32. The van der Waals surface area contributed by atoms with Crippen molar-refractivity contribution in [2.75, 3.05) is 19.6 Å². The second-order valence-electron chi connectivity index (χ2n) is 7.03. The predicted octanol–water partition coefficient (Wildman–Crippen LogP) is 3.45. The van der Waals surface area contributed by atoms with Crippen LogP contribution in [0.15, 0.2) is 35.5 Å². The smallest absolute Gasteiger partial charge is 0.145 e. The van der Waals surface area contributed by atoms with Gasteiger partial charge in [0.25, 0.3) is 0 Å². The van der Waals surface area contributed by atoms with Crippen LogP contribution in [0.2, 0.25) is 0 Å². The highest BCUT2D eigenvalue weighted by atomic mass is 16.6. The summed E-state index contributed by atoms with van der Waals surface area (Å²) in [6.07, 6.45) is 8.36. The van der Waals surface area contributed by atoms with Gasteiger partial charge >= 0.3 is 0 Å². The Kier molecular flexibility index (Phi) is 3.46. The summed E-state index contributed by atoms with van der Waals surface area (Å²) in [7, 11) is 0. The molecule has 3 aliphatic rings. The van der Waals surface area contributed by atoms with Gasteiger partial charge in [0.15, 0.2) is 0 Å². The highest BCUT2D eigenvalue weighted by molar-refractivity contribution is 6.01. The molecular formula is C18H24N2O. The second-order valence-corrected chi connectivity index (χ2v) is 7.03. The standard InChI is InChI=1S/C18H24N2O/c1-2-6-15(7-3-1)17-12-16(21-19-17)13-20-11-10-18(14-20)8-4-5-9-18/h1-3,6-7,16H,4-5,8-14H2/t16-/m0/s1. The van der Waals surface area contributed by atoms with E-state index in [0.29, 0.717) is 5.41 Å². The highest BCUT2D eigenvalue weighted by Crippen LogP contribution is 2.45. The second kappa shape index (κ2) is 5.45. The maximum atomic E-state index is 5.68. The quantitative estimate of drug-likeness (QED) is 0.849. The summed E-state index contributed by atoms with van der Waals surface area (Å²) in [5.74, 6) is 0. The molecule has 112 valence electrons. The largest absolute Gasteiger partial charge is 0.390 e. The molecule has 1 aromatic rings. The third-order valence-electron chi connectivity index (χ3n) is 5.48. The van der Waals surface area contributed by atoms with Crippen molar-refractivity contribution < 1.29 is 4.84 Å². The van der Waals surface area contributed by atoms with E-state index >= 15 is 0 Å². The third-order valence-corrected chi connectivity index (χ3v) is 5.48. The van der Waals surface area contributed by atoms with Gasteiger partial charge in [0.2, 0.25) is 0 Å². The zero-order valence-electron chi connectivity index (χ0n) is 12.6. The van der Waals surface area contributed by atoms with Gasteiger partial charge in [0.05, 0.1) is 5.71 Å². The average molecular weight is 284 g/mol. The van der Waals surface area contributed by atoms with Crippen LogP contribution in [0.4, 0.5) is 0 Å². The van der Waals surface area contributed by atoms with Crippen LogP contribution in [0.1, 0.15) is 44.1 Å². The van der Waals surface area contributed by atoms with Gasteiger partial charge in [-0.25, -0.2) is 0 Å². The maximum absolute atomic E-state index is 5.68. The van der Waals surface area contributed by atoms with Crippen molar-refractivity contribution in [1.82, 2.24) is 4.90 Å². The van der Waals surface area contributed by atoms with Crippen molar-refractivity contribution in [3.8, 4) is 0 Å². The van der Waals surface area contributed by atoms with Crippen LogP contribution in [0.5, 0.6) is 0 Å². The number of likely N-dealkylation sites (tertiary alicyclic amines) is 1. The summed E-state index contributed by atoms with van der Waals surface area (Å²) < 4.78 is 0. The normalized spacial score (nSPS) is 28.0. The lowest BCUT2D eigenvalue weighted by molar-refractivity contribution is 0.0558. The number of hydrogen-bond acceptors (Lipinski definition) is 3. The molecule has 1 saturated heterocycles. The summed E-state index contributed by atoms with van der Waals surface area (Å²) in [5, 5.41) is 4.31. The van der Waals surface area contributed by atoms with Crippen LogP contribution in [0.3, 0.4) is 0 Å². The number of nitrogens with zero attached hydrogens (tertiary/aromatic N) is 2. The number of rotatable bonds is 3. The number of oxime groups is 1. The molecule has 3 heteroatoms. The average Bonchev–Trinajstić information content (AvgIpc) is 3.24. The minimum atomic E-state index is 0.247. The first-order chi connectivity index (χ1) is 10.3. The van der Waals surface area contributed by atoms with E-state index in [0.717, 1.165) is 18.7 Å². The van der Waals surface area contributed by atoms with Crippen molar-refractivity contribution in [2.45, 2.75) is 44.6 Å². The van der Waals surface area contributed by atoms with Gasteiger partial charge in [-0.1, -0.05) is 48.3 Å². The monoisotopic (exact) mass is 284 g/mol. The summed E-state index contributed by atoms with van der Waals surface area (Å²) in [5.41, 5.74) is 2.96. The minimum absolute atomic E-state index is 0.247. The fourth-order valence-corrected chi connectivity index (χ4v) is 4.33. The fraction of sp³-hybridized carbons (Fsp3) is 0.611. The molecule has 0 aromatic heterocycles. The summed E-state index contributed by atoms with van der Waals surface area (Å²) in [6.45, 7) is 3.58. The molecule has 4 rings (SSSR count). The zero-order valence-corrected chi connectivity index (χ0v) is 12.6. The van der Waals surface area contributed by atoms with E-state index in [4.69, 9.17) is 4.84 Å². The molecule has 21 heavy (non-hydrogen) atoms. The van der Waals surface area contributed by atoms with Gasteiger partial charge in [-0.05, 0) is 36.8 Å². The summed E-state index contributed by atoms with van der Waals surface area (Å²) in [4.78, 5) is 8.29. The number of benzene rings is 1. The van der Waals surface area contributed by atoms with Gasteiger partial charge < -0.3 is 4.84 Å². The van der Waals surface area contributed by atoms with Crippen LogP contribution in [0.25, 0.3) is 0 Å². The predicted molar refractivity (Wildman–Crippen MR) is 84.4 cm³/mol. The Morgan fingerprint density at radius 1 is 1.14 bits per heavy atom. The molecule has 0 amide bonds. The van der Waals surface area contributed by atoms with E-state index in [9.17, 15) is 0 Å². The van der Waals surface area contributed by atoms with Gasteiger partial charge in [-0.2, -0.15) is 0 Å². The lowest BCUT2D eigenvalue weighted by Gasteiger charge is -2.24. The molecule has 2 heterocycles. The fourth-order valence-electron chi connectivity index (χ4n) is 4.33. The van der Waals surface area contributed by atoms with Crippen molar-refractivity contribution in [2.24, 2.45) is 10.6 Å². The van der Waals surface area contributed by atoms with E-state index in [1.54, 1.807) is 0 Å². The minimum Gasteiger partial charge on any atom is -0.390 e. The van der Waals surface area contributed by atoms with E-state index in [1.807, 2.05) is 6.07 Å².